The molecule has 0 radical (unpaired) electrons. The van der Waals surface area contributed by atoms with Crippen molar-refractivity contribution in [3.8, 4) is 0 Å². The molecule has 2 heterocycles. The highest BCUT2D eigenvalue weighted by Gasteiger charge is 2.51. The van der Waals surface area contributed by atoms with E-state index in [1.165, 1.54) is 6.42 Å². The standard InChI is InChI=1S/C13H23NO2/c1-13(2,3)5-4-6-16-12(15)11-9-7-10(11)14-8-9/h9-11,14H,4-8H2,1-3H3. The summed E-state index contributed by atoms with van der Waals surface area (Å²) in [5.74, 6) is 0.745. The molecule has 2 aliphatic heterocycles. The van der Waals surface area contributed by atoms with Crippen molar-refractivity contribution < 1.29 is 9.53 Å². The molecule has 16 heavy (non-hydrogen) atoms. The summed E-state index contributed by atoms with van der Waals surface area (Å²) in [5.41, 5.74) is 0.337. The molecule has 3 fully saturated rings. The molecule has 3 heteroatoms. The Balaban J connectivity index is 1.62. The van der Waals surface area contributed by atoms with E-state index in [1.807, 2.05) is 0 Å². The smallest absolute Gasteiger partial charge is 0.310 e. The van der Waals surface area contributed by atoms with E-state index >= 15 is 0 Å². The Morgan fingerprint density at radius 3 is 2.69 bits per heavy atom. The zero-order chi connectivity index (χ0) is 11.8. The molecule has 3 nitrogen and oxygen atoms in total. The van der Waals surface area contributed by atoms with E-state index in [0.717, 1.165) is 19.4 Å². The number of carbonyl (C=O) groups excluding carboxylic acids is 1. The number of hydrogen-bond acceptors (Lipinski definition) is 3. The van der Waals surface area contributed by atoms with Crippen molar-refractivity contribution in [3.63, 3.8) is 0 Å². The van der Waals surface area contributed by atoms with Gasteiger partial charge in [0.2, 0.25) is 0 Å². The summed E-state index contributed by atoms with van der Waals surface area (Å²) in [7, 11) is 0. The van der Waals surface area contributed by atoms with Gasteiger partial charge < -0.3 is 10.1 Å². The second kappa shape index (κ2) is 4.36. The Morgan fingerprint density at radius 1 is 1.44 bits per heavy atom. The summed E-state index contributed by atoms with van der Waals surface area (Å²) in [6.07, 6.45) is 3.25. The Labute approximate surface area is 97.9 Å². The van der Waals surface area contributed by atoms with Crippen molar-refractivity contribution in [1.82, 2.24) is 5.32 Å². The van der Waals surface area contributed by atoms with Crippen LogP contribution in [0, 0.1) is 17.3 Å². The minimum atomic E-state index is 0.0279. The van der Waals surface area contributed by atoms with Crippen LogP contribution in [0.1, 0.15) is 40.0 Å². The summed E-state index contributed by atoms with van der Waals surface area (Å²) in [6, 6.07) is 0.417. The lowest BCUT2D eigenvalue weighted by Gasteiger charge is -2.32. The molecule has 2 bridgehead atoms. The maximum atomic E-state index is 11.7. The average molecular weight is 225 g/mol. The monoisotopic (exact) mass is 225 g/mol. The maximum Gasteiger partial charge on any atom is 0.310 e. The van der Waals surface area contributed by atoms with Crippen molar-refractivity contribution in [2.75, 3.05) is 13.2 Å². The lowest BCUT2D eigenvalue weighted by molar-refractivity contribution is -0.153. The van der Waals surface area contributed by atoms with Crippen LogP contribution in [0.5, 0.6) is 0 Å². The molecule has 3 aliphatic rings. The number of ether oxygens (including phenoxy) is 1. The molecule has 1 saturated carbocycles. The van der Waals surface area contributed by atoms with Gasteiger partial charge in [-0.3, -0.25) is 4.79 Å². The van der Waals surface area contributed by atoms with E-state index in [2.05, 4.69) is 26.1 Å². The van der Waals surface area contributed by atoms with Gasteiger partial charge in [0.05, 0.1) is 12.5 Å². The van der Waals surface area contributed by atoms with Gasteiger partial charge in [0, 0.05) is 6.04 Å². The molecule has 3 atom stereocenters. The summed E-state index contributed by atoms with van der Waals surface area (Å²) >= 11 is 0. The van der Waals surface area contributed by atoms with Gasteiger partial charge in [-0.2, -0.15) is 0 Å². The van der Waals surface area contributed by atoms with Gasteiger partial charge in [-0.1, -0.05) is 20.8 Å². The van der Waals surface area contributed by atoms with E-state index in [1.54, 1.807) is 0 Å². The fraction of sp³-hybridized carbons (Fsp3) is 0.923. The van der Waals surface area contributed by atoms with Crippen molar-refractivity contribution in [3.05, 3.63) is 0 Å². The molecule has 0 spiro atoms. The Kier molecular flexibility index (Phi) is 3.24. The number of rotatable bonds is 4. The normalized spacial score (nSPS) is 32.3. The molecule has 3 rings (SSSR count). The van der Waals surface area contributed by atoms with Crippen LogP contribution in [0.3, 0.4) is 0 Å². The predicted octanol–water partition coefficient (Wildman–Crippen LogP) is 1.96. The third-order valence-corrected chi connectivity index (χ3v) is 3.73. The lowest BCUT2D eigenvalue weighted by Crippen LogP contribution is -2.43. The summed E-state index contributed by atoms with van der Waals surface area (Å²) in [6.45, 7) is 8.24. The quantitative estimate of drug-likeness (QED) is 0.587. The molecule has 0 amide bonds. The third kappa shape index (κ3) is 2.57. The first-order chi connectivity index (χ1) is 7.47. The first-order valence-electron chi connectivity index (χ1n) is 6.37. The number of esters is 1. The molecule has 0 aromatic rings. The van der Waals surface area contributed by atoms with E-state index in [0.29, 0.717) is 24.0 Å². The predicted molar refractivity (Wildman–Crippen MR) is 63.0 cm³/mol. The lowest BCUT2D eigenvalue weighted by atomic mass is 9.74. The van der Waals surface area contributed by atoms with Gasteiger partial charge in [-0.05, 0) is 37.1 Å². The van der Waals surface area contributed by atoms with Gasteiger partial charge in [-0.25, -0.2) is 0 Å². The summed E-state index contributed by atoms with van der Waals surface area (Å²) in [4.78, 5) is 11.7. The van der Waals surface area contributed by atoms with Crippen molar-refractivity contribution in [1.29, 1.82) is 0 Å². The van der Waals surface area contributed by atoms with Crippen LogP contribution in [-0.2, 0) is 9.53 Å². The highest BCUT2D eigenvalue weighted by atomic mass is 16.5. The van der Waals surface area contributed by atoms with Gasteiger partial charge in [-0.15, -0.1) is 0 Å². The molecule has 92 valence electrons. The fourth-order valence-electron chi connectivity index (χ4n) is 2.70. The van der Waals surface area contributed by atoms with Crippen LogP contribution >= 0.6 is 0 Å². The average Bonchev–Trinajstić information content (AvgIpc) is 2.71. The molecule has 3 unspecified atom stereocenters. The van der Waals surface area contributed by atoms with Crippen LogP contribution in [0.15, 0.2) is 0 Å². The molecule has 1 N–H and O–H groups in total. The second-order valence-corrected chi connectivity index (χ2v) is 6.37. The van der Waals surface area contributed by atoms with Crippen LogP contribution < -0.4 is 5.32 Å². The van der Waals surface area contributed by atoms with E-state index in [-0.39, 0.29) is 11.9 Å². The highest BCUT2D eigenvalue weighted by molar-refractivity contribution is 5.75. The SMILES string of the molecule is CC(C)(C)CCCOC(=O)C1C2CNC1C2. The van der Waals surface area contributed by atoms with Gasteiger partial charge >= 0.3 is 5.97 Å². The highest BCUT2D eigenvalue weighted by Crippen LogP contribution is 2.40. The fourth-order valence-corrected chi connectivity index (χ4v) is 2.70. The van der Waals surface area contributed by atoms with Crippen molar-refractivity contribution >= 4 is 5.97 Å². The Bertz CT molecular complexity index is 256. The summed E-state index contributed by atoms with van der Waals surface area (Å²) < 4.78 is 5.34. The van der Waals surface area contributed by atoms with Crippen LogP contribution in [-0.4, -0.2) is 25.2 Å². The number of nitrogens with one attached hydrogen (secondary N) is 1. The number of fused-ring (bicyclic) bond motifs is 1. The van der Waals surface area contributed by atoms with Crippen molar-refractivity contribution in [2.24, 2.45) is 17.3 Å². The number of hydrogen-bond donors (Lipinski definition) is 1. The molecule has 1 aliphatic carbocycles. The van der Waals surface area contributed by atoms with Gasteiger partial charge in [0.25, 0.3) is 0 Å². The van der Waals surface area contributed by atoms with E-state index < -0.39 is 0 Å². The number of carbonyl (C=O) groups is 1. The van der Waals surface area contributed by atoms with Gasteiger partial charge in [0.1, 0.15) is 0 Å². The topological polar surface area (TPSA) is 38.3 Å². The van der Waals surface area contributed by atoms with E-state index in [4.69, 9.17) is 4.74 Å². The molecule has 0 aromatic carbocycles. The van der Waals surface area contributed by atoms with Crippen LogP contribution in [0.25, 0.3) is 0 Å². The third-order valence-electron chi connectivity index (χ3n) is 3.73. The Hall–Kier alpha value is -0.570. The maximum absolute atomic E-state index is 11.7. The first kappa shape index (κ1) is 11.9. The molecule has 0 aromatic heterocycles. The van der Waals surface area contributed by atoms with Crippen LogP contribution in [0.2, 0.25) is 0 Å². The summed E-state index contributed by atoms with van der Waals surface area (Å²) in [5, 5.41) is 3.34. The molecular formula is C13H23NO2. The zero-order valence-corrected chi connectivity index (χ0v) is 10.6. The second-order valence-electron chi connectivity index (χ2n) is 6.37. The van der Waals surface area contributed by atoms with Crippen LogP contribution in [0.4, 0.5) is 0 Å². The minimum absolute atomic E-state index is 0.0279. The largest absolute Gasteiger partial charge is 0.465 e. The van der Waals surface area contributed by atoms with Gasteiger partial charge in [0.15, 0.2) is 0 Å². The Morgan fingerprint density at radius 2 is 2.19 bits per heavy atom. The minimum Gasteiger partial charge on any atom is -0.465 e. The molecule has 2 saturated heterocycles. The van der Waals surface area contributed by atoms with Crippen molar-refractivity contribution in [2.45, 2.75) is 46.1 Å². The molecular weight excluding hydrogens is 202 g/mol. The van der Waals surface area contributed by atoms with E-state index in [9.17, 15) is 4.79 Å². The first-order valence-corrected chi connectivity index (χ1v) is 6.37. The zero-order valence-electron chi connectivity index (χ0n) is 10.6.